The van der Waals surface area contributed by atoms with Gasteiger partial charge in [-0.05, 0) is 84.7 Å². The van der Waals surface area contributed by atoms with Crippen LogP contribution in [-0.2, 0) is 11.2 Å². The van der Waals surface area contributed by atoms with Gasteiger partial charge in [-0.2, -0.15) is 0 Å². The number of benzene rings is 3. The summed E-state index contributed by atoms with van der Waals surface area (Å²) in [5.74, 6) is -1.24. The zero-order chi connectivity index (χ0) is 23.3. The number of carboxylic acid groups (broad SMARTS) is 1. The molecule has 0 saturated carbocycles. The molecule has 0 spiro atoms. The number of halogens is 1. The fourth-order valence-corrected chi connectivity index (χ4v) is 3.68. The zero-order valence-electron chi connectivity index (χ0n) is 18.7. The van der Waals surface area contributed by atoms with Gasteiger partial charge < -0.3 is 10.2 Å². The molecule has 3 aromatic rings. The summed E-state index contributed by atoms with van der Waals surface area (Å²) in [6, 6.07) is 18.7. The van der Waals surface area contributed by atoms with Crippen molar-refractivity contribution in [2.45, 2.75) is 33.6 Å². The van der Waals surface area contributed by atoms with Crippen molar-refractivity contribution in [2.75, 3.05) is 6.61 Å². The number of aryl methyl sites for hydroxylation is 2. The third kappa shape index (κ3) is 5.32. The number of aliphatic carboxylic acids is 1. The van der Waals surface area contributed by atoms with Gasteiger partial charge >= 0.3 is 5.97 Å². The maximum atomic E-state index is 13.7. The molecule has 0 heterocycles. The molecule has 0 aliphatic carbocycles. The topological polar surface area (TPSA) is 57.5 Å². The first-order valence-corrected chi connectivity index (χ1v) is 10.7. The van der Waals surface area contributed by atoms with Crippen LogP contribution in [0, 0.1) is 25.1 Å². The van der Waals surface area contributed by atoms with Gasteiger partial charge in [0.05, 0.1) is 12.0 Å². The van der Waals surface area contributed by atoms with Crippen molar-refractivity contribution >= 4 is 18.1 Å². The smallest absolute Gasteiger partial charge is 0.311 e. The predicted octanol–water partition coefficient (Wildman–Crippen LogP) is 6.30. The summed E-state index contributed by atoms with van der Waals surface area (Å²) in [4.78, 5) is 11.4. The summed E-state index contributed by atoms with van der Waals surface area (Å²) < 4.78 is 13.7. The molecule has 32 heavy (non-hydrogen) atoms. The molecule has 4 heteroatoms. The Kier molecular flexibility index (Phi) is 7.26. The van der Waals surface area contributed by atoms with Crippen molar-refractivity contribution in [3.05, 3.63) is 94.3 Å². The van der Waals surface area contributed by atoms with Gasteiger partial charge in [-0.25, -0.2) is 4.39 Å². The van der Waals surface area contributed by atoms with Crippen LogP contribution in [0.25, 0.3) is 23.3 Å². The van der Waals surface area contributed by atoms with Crippen LogP contribution < -0.4 is 0 Å². The lowest BCUT2D eigenvalue weighted by molar-refractivity contribution is -0.150. The van der Waals surface area contributed by atoms with E-state index in [2.05, 4.69) is 18.2 Å². The highest BCUT2D eigenvalue weighted by Gasteiger charge is 2.31. The third-order valence-electron chi connectivity index (χ3n) is 6.13. The van der Waals surface area contributed by atoms with E-state index in [-0.39, 0.29) is 12.4 Å². The number of carboxylic acids is 1. The standard InChI is InChI=1S/C28H29FO3/c1-19-10-11-21(14-15-28(3,18-30)27(31)32)16-23(19)13-12-22-6-5-9-26(20(22)2)24-7-4-8-25(29)17-24/h4-13,16-17,30H,14-15,18H2,1-3H3,(H,31,32)/b13-12+. The lowest BCUT2D eigenvalue weighted by Crippen LogP contribution is -2.32. The van der Waals surface area contributed by atoms with Crippen molar-refractivity contribution < 1.29 is 19.4 Å². The quantitative estimate of drug-likeness (QED) is 0.411. The Hall–Kier alpha value is -3.24. The van der Waals surface area contributed by atoms with Crippen LogP contribution in [0.2, 0.25) is 0 Å². The van der Waals surface area contributed by atoms with Crippen LogP contribution in [0.1, 0.15) is 41.2 Å². The first-order valence-electron chi connectivity index (χ1n) is 10.7. The van der Waals surface area contributed by atoms with Crippen LogP contribution in [0.15, 0.2) is 60.7 Å². The molecule has 0 saturated heterocycles. The lowest BCUT2D eigenvalue weighted by atomic mass is 9.84. The molecule has 0 aliphatic heterocycles. The SMILES string of the molecule is Cc1ccc(CCC(C)(CO)C(=O)O)cc1/C=C/c1cccc(-c2cccc(F)c2)c1C. The molecule has 3 nitrogen and oxygen atoms in total. The third-order valence-corrected chi connectivity index (χ3v) is 6.13. The molecule has 1 unspecified atom stereocenters. The zero-order valence-corrected chi connectivity index (χ0v) is 18.7. The minimum Gasteiger partial charge on any atom is -0.481 e. The van der Waals surface area contributed by atoms with Crippen molar-refractivity contribution in [3.63, 3.8) is 0 Å². The highest BCUT2D eigenvalue weighted by Crippen LogP contribution is 2.28. The maximum Gasteiger partial charge on any atom is 0.311 e. The normalized spacial score (nSPS) is 13.3. The molecule has 2 N–H and O–H groups in total. The second kappa shape index (κ2) is 9.92. The fraction of sp³-hybridized carbons (Fsp3) is 0.250. The molecular weight excluding hydrogens is 403 g/mol. The number of hydrogen-bond acceptors (Lipinski definition) is 2. The second-order valence-electron chi connectivity index (χ2n) is 8.58. The Morgan fingerprint density at radius 1 is 1.00 bits per heavy atom. The summed E-state index contributed by atoms with van der Waals surface area (Å²) >= 11 is 0. The number of hydrogen-bond donors (Lipinski definition) is 2. The molecule has 1 atom stereocenters. The minimum absolute atomic E-state index is 0.254. The van der Waals surface area contributed by atoms with Gasteiger partial charge in [0.15, 0.2) is 0 Å². The average molecular weight is 433 g/mol. The molecule has 166 valence electrons. The summed E-state index contributed by atoms with van der Waals surface area (Å²) in [5.41, 5.74) is 6.02. The van der Waals surface area contributed by atoms with Crippen molar-refractivity contribution in [1.82, 2.24) is 0 Å². The van der Waals surface area contributed by atoms with Gasteiger partial charge in [-0.1, -0.05) is 60.7 Å². The molecule has 0 aliphatic rings. The predicted molar refractivity (Wildman–Crippen MR) is 128 cm³/mol. The second-order valence-corrected chi connectivity index (χ2v) is 8.58. The highest BCUT2D eigenvalue weighted by molar-refractivity contribution is 5.78. The lowest BCUT2D eigenvalue weighted by Gasteiger charge is -2.21. The molecule has 3 aromatic carbocycles. The van der Waals surface area contributed by atoms with Crippen molar-refractivity contribution in [3.8, 4) is 11.1 Å². The van der Waals surface area contributed by atoms with Gasteiger partial charge in [0.25, 0.3) is 0 Å². The largest absolute Gasteiger partial charge is 0.481 e. The average Bonchev–Trinajstić information content (AvgIpc) is 2.78. The van der Waals surface area contributed by atoms with Crippen LogP contribution in [0.4, 0.5) is 4.39 Å². The molecule has 0 bridgehead atoms. The fourth-order valence-electron chi connectivity index (χ4n) is 3.68. The van der Waals surface area contributed by atoms with E-state index in [1.165, 1.54) is 6.07 Å². The van der Waals surface area contributed by atoms with Gasteiger partial charge in [0, 0.05) is 0 Å². The van der Waals surface area contributed by atoms with Crippen LogP contribution in [0.5, 0.6) is 0 Å². The highest BCUT2D eigenvalue weighted by atomic mass is 19.1. The Balaban J connectivity index is 1.85. The van der Waals surface area contributed by atoms with Crippen molar-refractivity contribution in [1.29, 1.82) is 0 Å². The first-order chi connectivity index (χ1) is 15.2. The summed E-state index contributed by atoms with van der Waals surface area (Å²) in [5, 5.41) is 18.8. The number of aliphatic hydroxyl groups is 1. The van der Waals surface area contributed by atoms with E-state index in [9.17, 15) is 19.4 Å². The van der Waals surface area contributed by atoms with E-state index in [4.69, 9.17) is 0 Å². The number of aliphatic hydroxyl groups excluding tert-OH is 1. The van der Waals surface area contributed by atoms with E-state index >= 15 is 0 Å². The molecule has 3 rings (SSSR count). The monoisotopic (exact) mass is 432 g/mol. The van der Waals surface area contributed by atoms with Crippen LogP contribution in [0.3, 0.4) is 0 Å². The molecule has 0 amide bonds. The van der Waals surface area contributed by atoms with E-state index < -0.39 is 11.4 Å². The minimum atomic E-state index is -1.14. The van der Waals surface area contributed by atoms with Crippen molar-refractivity contribution in [2.24, 2.45) is 5.41 Å². The van der Waals surface area contributed by atoms with E-state index in [1.807, 2.05) is 50.2 Å². The van der Waals surface area contributed by atoms with Gasteiger partial charge in [-0.15, -0.1) is 0 Å². The van der Waals surface area contributed by atoms with Gasteiger partial charge in [-0.3, -0.25) is 4.79 Å². The van der Waals surface area contributed by atoms with Gasteiger partial charge in [0.1, 0.15) is 5.82 Å². The van der Waals surface area contributed by atoms with E-state index in [0.29, 0.717) is 12.8 Å². The van der Waals surface area contributed by atoms with Crippen LogP contribution >= 0.6 is 0 Å². The Morgan fingerprint density at radius 2 is 1.72 bits per heavy atom. The molecular formula is C28H29FO3. The molecule has 0 aromatic heterocycles. The van der Waals surface area contributed by atoms with E-state index in [1.54, 1.807) is 19.1 Å². The Labute approximate surface area is 188 Å². The Morgan fingerprint density at radius 3 is 2.41 bits per heavy atom. The number of carbonyl (C=O) groups is 1. The molecule has 0 radical (unpaired) electrons. The van der Waals surface area contributed by atoms with Gasteiger partial charge in [0.2, 0.25) is 0 Å². The maximum absolute atomic E-state index is 13.7. The summed E-state index contributed by atoms with van der Waals surface area (Å²) in [6.07, 6.45) is 5.04. The van der Waals surface area contributed by atoms with E-state index in [0.717, 1.165) is 38.9 Å². The summed E-state index contributed by atoms with van der Waals surface area (Å²) in [6.45, 7) is 5.25. The summed E-state index contributed by atoms with van der Waals surface area (Å²) in [7, 11) is 0. The molecule has 0 fully saturated rings. The first kappa shape index (κ1) is 23.4. The van der Waals surface area contributed by atoms with Crippen LogP contribution in [-0.4, -0.2) is 22.8 Å². The Bertz CT molecular complexity index is 1150. The number of rotatable bonds is 8.